The minimum atomic E-state index is -1.24. The molecule has 1 aromatic rings. The Morgan fingerprint density at radius 1 is 1.47 bits per heavy atom. The van der Waals surface area contributed by atoms with Crippen LogP contribution in [0.4, 0.5) is 0 Å². The largest absolute Gasteiger partial charge is 0.481 e. The van der Waals surface area contributed by atoms with Gasteiger partial charge in [-0.1, -0.05) is 18.2 Å². The lowest BCUT2D eigenvalue weighted by Gasteiger charge is -2.10. The van der Waals surface area contributed by atoms with Crippen molar-refractivity contribution in [3.63, 3.8) is 0 Å². The van der Waals surface area contributed by atoms with Gasteiger partial charge in [0.1, 0.15) is 0 Å². The molecule has 1 aromatic carbocycles. The van der Waals surface area contributed by atoms with Gasteiger partial charge in [0.05, 0.1) is 17.2 Å². The molecule has 3 nitrogen and oxygen atoms in total. The maximum Gasteiger partial charge on any atom is 0.304 e. The molecule has 0 spiro atoms. The molecule has 0 saturated heterocycles. The normalized spacial score (nSPS) is 14.5. The zero-order valence-electron chi connectivity index (χ0n) is 8.77. The molecule has 82 valence electrons. The van der Waals surface area contributed by atoms with E-state index in [0.717, 1.165) is 10.5 Å². The van der Waals surface area contributed by atoms with E-state index in [2.05, 4.69) is 0 Å². The summed E-state index contributed by atoms with van der Waals surface area (Å²) in [6.45, 7) is 3.57. The van der Waals surface area contributed by atoms with Gasteiger partial charge in [0.25, 0.3) is 0 Å². The predicted octanol–water partition coefficient (Wildman–Crippen LogP) is 1.97. The Morgan fingerprint density at radius 3 is 2.60 bits per heavy atom. The van der Waals surface area contributed by atoms with Crippen molar-refractivity contribution in [2.45, 2.75) is 30.4 Å². The highest BCUT2D eigenvalue weighted by atomic mass is 32.2. The van der Waals surface area contributed by atoms with Crippen LogP contribution < -0.4 is 0 Å². The summed E-state index contributed by atoms with van der Waals surface area (Å²) in [6.07, 6.45) is -0.0685. The maximum absolute atomic E-state index is 11.9. The molecule has 15 heavy (non-hydrogen) atoms. The average molecular weight is 226 g/mol. The first-order valence-electron chi connectivity index (χ1n) is 4.70. The number of aliphatic carboxylic acids is 1. The van der Waals surface area contributed by atoms with E-state index >= 15 is 0 Å². The van der Waals surface area contributed by atoms with E-state index in [1.165, 1.54) is 0 Å². The van der Waals surface area contributed by atoms with Crippen LogP contribution in [0.5, 0.6) is 0 Å². The second kappa shape index (κ2) is 5.07. The van der Waals surface area contributed by atoms with Crippen molar-refractivity contribution in [3.05, 3.63) is 29.8 Å². The molecule has 0 aliphatic heterocycles. The van der Waals surface area contributed by atoms with Crippen LogP contribution in [0.2, 0.25) is 0 Å². The summed E-state index contributed by atoms with van der Waals surface area (Å²) in [4.78, 5) is 11.2. The van der Waals surface area contributed by atoms with Gasteiger partial charge in [-0.25, -0.2) is 0 Å². The fraction of sp³-hybridized carbons (Fsp3) is 0.364. The highest BCUT2D eigenvalue weighted by Crippen LogP contribution is 2.17. The monoisotopic (exact) mass is 226 g/mol. The van der Waals surface area contributed by atoms with Crippen LogP contribution in [0.1, 0.15) is 18.9 Å². The molecule has 4 heteroatoms. The first-order valence-corrected chi connectivity index (χ1v) is 5.91. The third kappa shape index (κ3) is 3.16. The number of carboxylic acid groups (broad SMARTS) is 1. The zero-order valence-corrected chi connectivity index (χ0v) is 9.58. The lowest BCUT2D eigenvalue weighted by molar-refractivity contribution is -0.136. The number of benzene rings is 1. The quantitative estimate of drug-likeness (QED) is 0.854. The van der Waals surface area contributed by atoms with Gasteiger partial charge in [-0.15, -0.1) is 0 Å². The Kier molecular flexibility index (Phi) is 4.03. The lowest BCUT2D eigenvalue weighted by Crippen LogP contribution is -2.16. The minimum Gasteiger partial charge on any atom is -0.481 e. The Bertz CT molecular complexity index is 387. The van der Waals surface area contributed by atoms with Gasteiger partial charge in [0, 0.05) is 10.1 Å². The standard InChI is InChI=1S/C11H14O3S/c1-8-5-3-4-6-10(8)15(14)9(2)7-11(12)13/h3-6,9H,7H2,1-2H3,(H,12,13). The molecule has 0 heterocycles. The summed E-state index contributed by atoms with van der Waals surface area (Å²) in [5.41, 5.74) is 0.938. The molecule has 0 bridgehead atoms. The molecule has 0 amide bonds. The van der Waals surface area contributed by atoms with Gasteiger partial charge in [-0.3, -0.25) is 9.00 Å². The van der Waals surface area contributed by atoms with Crippen molar-refractivity contribution in [2.24, 2.45) is 0 Å². The molecule has 1 N–H and O–H groups in total. The minimum absolute atomic E-state index is 0.0685. The summed E-state index contributed by atoms with van der Waals surface area (Å²) >= 11 is 0. The van der Waals surface area contributed by atoms with Crippen molar-refractivity contribution in [2.75, 3.05) is 0 Å². The van der Waals surface area contributed by atoms with Gasteiger partial charge in [-0.2, -0.15) is 0 Å². The van der Waals surface area contributed by atoms with Gasteiger partial charge >= 0.3 is 5.97 Å². The highest BCUT2D eigenvalue weighted by molar-refractivity contribution is 7.85. The van der Waals surface area contributed by atoms with Gasteiger partial charge in [0.2, 0.25) is 0 Å². The van der Waals surface area contributed by atoms with E-state index in [9.17, 15) is 9.00 Å². The van der Waals surface area contributed by atoms with Crippen molar-refractivity contribution in [3.8, 4) is 0 Å². The topological polar surface area (TPSA) is 54.4 Å². The SMILES string of the molecule is Cc1ccccc1S(=O)C(C)CC(=O)O. The first-order chi connectivity index (χ1) is 7.02. The van der Waals surface area contributed by atoms with Crippen molar-refractivity contribution < 1.29 is 14.1 Å². The van der Waals surface area contributed by atoms with E-state index in [1.54, 1.807) is 13.0 Å². The van der Waals surface area contributed by atoms with E-state index in [-0.39, 0.29) is 11.7 Å². The molecular formula is C11H14O3S. The average Bonchev–Trinajstić information content (AvgIpc) is 2.16. The van der Waals surface area contributed by atoms with Crippen LogP contribution in [0.3, 0.4) is 0 Å². The van der Waals surface area contributed by atoms with Crippen molar-refractivity contribution in [1.29, 1.82) is 0 Å². The predicted molar refractivity (Wildman–Crippen MR) is 59.3 cm³/mol. The Balaban J connectivity index is 2.85. The summed E-state index contributed by atoms with van der Waals surface area (Å²) < 4.78 is 11.9. The molecule has 0 aliphatic rings. The molecule has 1 rings (SSSR count). The van der Waals surface area contributed by atoms with Crippen LogP contribution in [0.25, 0.3) is 0 Å². The fourth-order valence-electron chi connectivity index (χ4n) is 1.32. The molecule has 0 saturated carbocycles. The summed E-state index contributed by atoms with van der Waals surface area (Å²) in [5.74, 6) is -0.913. The zero-order chi connectivity index (χ0) is 11.4. The highest BCUT2D eigenvalue weighted by Gasteiger charge is 2.17. The third-order valence-electron chi connectivity index (χ3n) is 2.14. The van der Waals surface area contributed by atoms with Crippen LogP contribution in [-0.2, 0) is 15.6 Å². The van der Waals surface area contributed by atoms with E-state index in [0.29, 0.717) is 0 Å². The number of aryl methyl sites for hydroxylation is 1. The van der Waals surface area contributed by atoms with Gasteiger partial charge in [0.15, 0.2) is 0 Å². The Hall–Kier alpha value is -1.16. The molecule has 0 fully saturated rings. The van der Waals surface area contributed by atoms with Gasteiger partial charge in [-0.05, 0) is 25.5 Å². The maximum atomic E-state index is 11.9. The number of hydrogen-bond donors (Lipinski definition) is 1. The molecular weight excluding hydrogens is 212 g/mol. The molecule has 0 aromatic heterocycles. The number of hydrogen-bond acceptors (Lipinski definition) is 2. The first kappa shape index (κ1) is 11.9. The number of carbonyl (C=O) groups is 1. The number of carboxylic acids is 1. The summed E-state index contributed by atoms with van der Waals surface area (Å²) in [6, 6.07) is 7.34. The molecule has 2 atom stereocenters. The summed E-state index contributed by atoms with van der Waals surface area (Å²) in [5, 5.41) is 8.26. The van der Waals surface area contributed by atoms with Crippen molar-refractivity contribution >= 4 is 16.8 Å². The molecule has 0 aliphatic carbocycles. The second-order valence-electron chi connectivity index (χ2n) is 3.47. The van der Waals surface area contributed by atoms with Crippen molar-refractivity contribution in [1.82, 2.24) is 0 Å². The van der Waals surface area contributed by atoms with Crippen LogP contribution in [0, 0.1) is 6.92 Å². The van der Waals surface area contributed by atoms with E-state index in [1.807, 2.05) is 25.1 Å². The molecule has 0 radical (unpaired) electrons. The van der Waals surface area contributed by atoms with Gasteiger partial charge < -0.3 is 5.11 Å². The second-order valence-corrected chi connectivity index (χ2v) is 5.31. The number of rotatable bonds is 4. The van der Waals surface area contributed by atoms with Crippen LogP contribution in [0.15, 0.2) is 29.2 Å². The van der Waals surface area contributed by atoms with Crippen LogP contribution in [-0.4, -0.2) is 20.5 Å². The third-order valence-corrected chi connectivity index (χ3v) is 3.93. The Morgan fingerprint density at radius 2 is 2.07 bits per heavy atom. The molecule has 2 unspecified atom stereocenters. The van der Waals surface area contributed by atoms with E-state index < -0.39 is 16.8 Å². The Labute approximate surface area is 91.6 Å². The fourth-order valence-corrected chi connectivity index (χ4v) is 2.65. The van der Waals surface area contributed by atoms with Crippen LogP contribution >= 0.6 is 0 Å². The van der Waals surface area contributed by atoms with E-state index in [4.69, 9.17) is 5.11 Å². The lowest BCUT2D eigenvalue weighted by atomic mass is 10.2. The smallest absolute Gasteiger partial charge is 0.304 e. The summed E-state index contributed by atoms with van der Waals surface area (Å²) in [7, 11) is -1.24.